The molecule has 0 amide bonds. The molecule has 5 heteroatoms. The van der Waals surface area contributed by atoms with E-state index in [1.807, 2.05) is 4.68 Å². The number of aryl methyl sites for hydroxylation is 1. The highest BCUT2D eigenvalue weighted by atomic mass is 15.3. The minimum atomic E-state index is 0.415. The van der Waals surface area contributed by atoms with Crippen molar-refractivity contribution in [3.8, 4) is 0 Å². The fraction of sp³-hybridized carbons (Fsp3) is 0.846. The first kappa shape index (κ1) is 12.1. The fourth-order valence-corrected chi connectivity index (χ4v) is 3.61. The minimum absolute atomic E-state index is 0.415. The van der Waals surface area contributed by atoms with Crippen LogP contribution in [0.4, 0.5) is 0 Å². The predicted molar refractivity (Wildman–Crippen MR) is 69.8 cm³/mol. The molecule has 2 fully saturated rings. The average molecular weight is 249 g/mol. The van der Waals surface area contributed by atoms with E-state index in [1.165, 1.54) is 25.8 Å². The highest BCUT2D eigenvalue weighted by Gasteiger charge is 2.38. The van der Waals surface area contributed by atoms with Gasteiger partial charge in [0.1, 0.15) is 12.2 Å². The quantitative estimate of drug-likeness (QED) is 0.863. The van der Waals surface area contributed by atoms with Gasteiger partial charge in [0.2, 0.25) is 0 Å². The lowest BCUT2D eigenvalue weighted by Gasteiger charge is -2.29. The van der Waals surface area contributed by atoms with Gasteiger partial charge in [-0.05, 0) is 31.6 Å². The first-order valence-electron chi connectivity index (χ1n) is 7.12. The summed E-state index contributed by atoms with van der Waals surface area (Å²) in [6, 6.07) is 0.415. The maximum absolute atomic E-state index is 6.25. The van der Waals surface area contributed by atoms with Crippen molar-refractivity contribution in [2.45, 2.75) is 45.3 Å². The van der Waals surface area contributed by atoms with Crippen LogP contribution in [0.1, 0.15) is 32.0 Å². The zero-order valence-corrected chi connectivity index (χ0v) is 11.1. The van der Waals surface area contributed by atoms with Crippen molar-refractivity contribution in [2.75, 3.05) is 13.1 Å². The summed E-state index contributed by atoms with van der Waals surface area (Å²) in [5, 5.41) is 4.24. The molecule has 5 nitrogen and oxygen atoms in total. The number of nitrogens with two attached hydrogens (primary N) is 1. The van der Waals surface area contributed by atoms with Crippen molar-refractivity contribution < 1.29 is 0 Å². The van der Waals surface area contributed by atoms with E-state index in [9.17, 15) is 0 Å². The Labute approximate surface area is 108 Å². The molecule has 1 saturated heterocycles. The van der Waals surface area contributed by atoms with Crippen molar-refractivity contribution in [1.29, 1.82) is 0 Å². The molecule has 0 spiro atoms. The average Bonchev–Trinajstić information content (AvgIpc) is 2.96. The third-order valence-electron chi connectivity index (χ3n) is 4.59. The summed E-state index contributed by atoms with van der Waals surface area (Å²) in [7, 11) is 0. The molecule has 0 radical (unpaired) electrons. The van der Waals surface area contributed by atoms with Gasteiger partial charge >= 0.3 is 0 Å². The maximum Gasteiger partial charge on any atom is 0.140 e. The van der Waals surface area contributed by atoms with E-state index < -0.39 is 0 Å². The predicted octanol–water partition coefficient (Wildman–Crippen LogP) is 0.857. The Balaban J connectivity index is 1.65. The maximum atomic E-state index is 6.25. The van der Waals surface area contributed by atoms with Crippen LogP contribution in [0.3, 0.4) is 0 Å². The molecular formula is C13H23N5. The zero-order chi connectivity index (χ0) is 12.5. The fourth-order valence-electron chi connectivity index (χ4n) is 3.61. The third-order valence-corrected chi connectivity index (χ3v) is 4.59. The Morgan fingerprint density at radius 1 is 1.39 bits per heavy atom. The first-order chi connectivity index (χ1) is 8.78. The Hall–Kier alpha value is -0.940. The standard InChI is InChI=1S/C13H23N5/c1-2-18-13(15-9-16-18)8-17-6-10-4-3-5-12(14)11(10)7-17/h9-12H,2-8,14H2,1H3. The molecule has 1 aromatic heterocycles. The second kappa shape index (κ2) is 4.97. The van der Waals surface area contributed by atoms with Gasteiger partial charge < -0.3 is 5.73 Å². The molecule has 2 N–H and O–H groups in total. The van der Waals surface area contributed by atoms with E-state index in [2.05, 4.69) is 21.9 Å². The number of fused-ring (bicyclic) bond motifs is 1. The highest BCUT2D eigenvalue weighted by Crippen LogP contribution is 2.35. The topological polar surface area (TPSA) is 60.0 Å². The van der Waals surface area contributed by atoms with Gasteiger partial charge in [-0.3, -0.25) is 4.90 Å². The van der Waals surface area contributed by atoms with Crippen LogP contribution in [-0.4, -0.2) is 38.8 Å². The van der Waals surface area contributed by atoms with E-state index in [-0.39, 0.29) is 0 Å². The van der Waals surface area contributed by atoms with E-state index in [0.29, 0.717) is 12.0 Å². The van der Waals surface area contributed by atoms with Crippen LogP contribution in [0.2, 0.25) is 0 Å². The van der Waals surface area contributed by atoms with Crippen LogP contribution in [0.5, 0.6) is 0 Å². The molecule has 0 bridgehead atoms. The summed E-state index contributed by atoms with van der Waals surface area (Å²) in [6.07, 6.45) is 5.53. The lowest BCUT2D eigenvalue weighted by atomic mass is 9.78. The van der Waals surface area contributed by atoms with Gasteiger partial charge in [0.15, 0.2) is 0 Å². The SMILES string of the molecule is CCn1ncnc1CN1CC2CCCC(N)C2C1. The van der Waals surface area contributed by atoms with Gasteiger partial charge in [0.25, 0.3) is 0 Å². The molecule has 1 aromatic rings. The number of hydrogen-bond donors (Lipinski definition) is 1. The van der Waals surface area contributed by atoms with Crippen molar-refractivity contribution in [1.82, 2.24) is 19.7 Å². The number of nitrogens with zero attached hydrogens (tertiary/aromatic N) is 4. The summed E-state index contributed by atoms with van der Waals surface area (Å²) >= 11 is 0. The Bertz CT molecular complexity index is 402. The molecule has 3 rings (SSSR count). The van der Waals surface area contributed by atoms with Crippen molar-refractivity contribution >= 4 is 0 Å². The molecule has 1 saturated carbocycles. The van der Waals surface area contributed by atoms with Gasteiger partial charge in [-0.15, -0.1) is 0 Å². The van der Waals surface area contributed by atoms with Crippen molar-refractivity contribution in [2.24, 2.45) is 17.6 Å². The van der Waals surface area contributed by atoms with Gasteiger partial charge in [-0.25, -0.2) is 9.67 Å². The van der Waals surface area contributed by atoms with Crippen molar-refractivity contribution in [3.63, 3.8) is 0 Å². The molecule has 0 aromatic carbocycles. The molecule has 2 aliphatic rings. The molecule has 1 aliphatic carbocycles. The van der Waals surface area contributed by atoms with Gasteiger partial charge in [0.05, 0.1) is 6.54 Å². The Kier molecular flexibility index (Phi) is 3.35. The van der Waals surface area contributed by atoms with Crippen LogP contribution in [0.25, 0.3) is 0 Å². The summed E-state index contributed by atoms with van der Waals surface area (Å²) in [5.41, 5.74) is 6.25. The second-order valence-corrected chi connectivity index (χ2v) is 5.70. The molecule has 18 heavy (non-hydrogen) atoms. The number of hydrogen-bond acceptors (Lipinski definition) is 4. The number of likely N-dealkylation sites (tertiary alicyclic amines) is 1. The van der Waals surface area contributed by atoms with E-state index in [1.54, 1.807) is 6.33 Å². The van der Waals surface area contributed by atoms with Gasteiger partial charge in [-0.2, -0.15) is 5.10 Å². The lowest BCUT2D eigenvalue weighted by Crippen LogP contribution is -2.38. The smallest absolute Gasteiger partial charge is 0.140 e. The normalized spacial score (nSPS) is 32.7. The third kappa shape index (κ3) is 2.17. The van der Waals surface area contributed by atoms with Crippen LogP contribution in [0.15, 0.2) is 6.33 Å². The lowest BCUT2D eigenvalue weighted by molar-refractivity contribution is 0.259. The monoisotopic (exact) mass is 249 g/mol. The second-order valence-electron chi connectivity index (χ2n) is 5.70. The molecule has 100 valence electrons. The van der Waals surface area contributed by atoms with Crippen LogP contribution < -0.4 is 5.73 Å². The van der Waals surface area contributed by atoms with Gasteiger partial charge in [0, 0.05) is 25.7 Å². The van der Waals surface area contributed by atoms with Crippen LogP contribution in [0, 0.1) is 11.8 Å². The van der Waals surface area contributed by atoms with Crippen LogP contribution in [-0.2, 0) is 13.1 Å². The summed E-state index contributed by atoms with van der Waals surface area (Å²) < 4.78 is 1.99. The summed E-state index contributed by atoms with van der Waals surface area (Å²) in [4.78, 5) is 6.88. The van der Waals surface area contributed by atoms with Gasteiger partial charge in [-0.1, -0.05) is 6.42 Å². The van der Waals surface area contributed by atoms with E-state index >= 15 is 0 Å². The Morgan fingerprint density at radius 3 is 3.06 bits per heavy atom. The highest BCUT2D eigenvalue weighted by molar-refractivity contribution is 4.95. The molecular weight excluding hydrogens is 226 g/mol. The Morgan fingerprint density at radius 2 is 2.28 bits per heavy atom. The molecule has 3 unspecified atom stereocenters. The van der Waals surface area contributed by atoms with E-state index in [4.69, 9.17) is 5.73 Å². The van der Waals surface area contributed by atoms with E-state index in [0.717, 1.165) is 31.4 Å². The molecule has 1 aliphatic heterocycles. The van der Waals surface area contributed by atoms with Crippen LogP contribution >= 0.6 is 0 Å². The molecule has 3 atom stereocenters. The van der Waals surface area contributed by atoms with Crippen molar-refractivity contribution in [3.05, 3.63) is 12.2 Å². The molecule has 2 heterocycles. The summed E-state index contributed by atoms with van der Waals surface area (Å²) in [5.74, 6) is 2.60. The number of aromatic nitrogens is 3. The zero-order valence-electron chi connectivity index (χ0n) is 11.1. The summed E-state index contributed by atoms with van der Waals surface area (Å²) in [6.45, 7) is 6.26. The number of rotatable bonds is 3. The largest absolute Gasteiger partial charge is 0.327 e. The first-order valence-corrected chi connectivity index (χ1v) is 7.12. The minimum Gasteiger partial charge on any atom is -0.327 e.